The topological polar surface area (TPSA) is 67.4 Å². The van der Waals surface area contributed by atoms with Crippen LogP contribution in [0.25, 0.3) is 0 Å². The minimum absolute atomic E-state index is 0.0876. The van der Waals surface area contributed by atoms with Crippen LogP contribution in [0.15, 0.2) is 48.5 Å². The van der Waals surface area contributed by atoms with Crippen LogP contribution in [-0.2, 0) is 11.2 Å². The summed E-state index contributed by atoms with van der Waals surface area (Å²) in [6.45, 7) is 1.99. The van der Waals surface area contributed by atoms with Crippen molar-refractivity contribution >= 4 is 17.5 Å². The maximum Gasteiger partial charge on any atom is 0.262 e. The van der Waals surface area contributed by atoms with Gasteiger partial charge in [-0.1, -0.05) is 25.1 Å². The van der Waals surface area contributed by atoms with Crippen molar-refractivity contribution in [2.75, 3.05) is 19.0 Å². The molecule has 5 nitrogen and oxygen atoms in total. The third-order valence-corrected chi connectivity index (χ3v) is 3.34. The van der Waals surface area contributed by atoms with Crippen LogP contribution in [0.1, 0.15) is 22.8 Å². The van der Waals surface area contributed by atoms with Gasteiger partial charge in [-0.25, -0.2) is 0 Å². The molecule has 0 unspecified atom stereocenters. The summed E-state index contributed by atoms with van der Waals surface area (Å²) in [6.07, 6.45) is 0.961. The largest absolute Gasteiger partial charge is 0.484 e. The number of hydrogen-bond donors (Lipinski definition) is 2. The SMILES string of the molecule is CCc1ccc(OCC(=O)Nc2cccc(C(=O)NC)c2)cc1. The van der Waals surface area contributed by atoms with Gasteiger partial charge in [0.1, 0.15) is 5.75 Å². The lowest BCUT2D eigenvalue weighted by molar-refractivity contribution is -0.118. The molecule has 0 spiro atoms. The highest BCUT2D eigenvalue weighted by Crippen LogP contribution is 2.13. The molecule has 2 rings (SSSR count). The van der Waals surface area contributed by atoms with Gasteiger partial charge in [-0.2, -0.15) is 0 Å². The van der Waals surface area contributed by atoms with E-state index < -0.39 is 0 Å². The maximum atomic E-state index is 11.9. The molecule has 0 aliphatic carbocycles. The van der Waals surface area contributed by atoms with Crippen molar-refractivity contribution in [2.45, 2.75) is 13.3 Å². The Balaban J connectivity index is 1.90. The molecule has 0 radical (unpaired) electrons. The Labute approximate surface area is 135 Å². The van der Waals surface area contributed by atoms with E-state index in [1.807, 2.05) is 24.3 Å². The molecule has 2 amide bonds. The van der Waals surface area contributed by atoms with Crippen molar-refractivity contribution in [1.82, 2.24) is 5.32 Å². The number of benzene rings is 2. The molecule has 120 valence electrons. The molecule has 0 heterocycles. The Morgan fingerprint density at radius 2 is 1.83 bits per heavy atom. The minimum Gasteiger partial charge on any atom is -0.484 e. The smallest absolute Gasteiger partial charge is 0.262 e. The number of rotatable bonds is 6. The quantitative estimate of drug-likeness (QED) is 0.861. The molecule has 2 N–H and O–H groups in total. The lowest BCUT2D eigenvalue weighted by Crippen LogP contribution is -2.21. The van der Waals surface area contributed by atoms with Gasteiger partial charge >= 0.3 is 0 Å². The number of carbonyl (C=O) groups is 2. The van der Waals surface area contributed by atoms with E-state index in [1.54, 1.807) is 31.3 Å². The normalized spacial score (nSPS) is 10.0. The summed E-state index contributed by atoms with van der Waals surface area (Å²) >= 11 is 0. The first-order valence-corrected chi connectivity index (χ1v) is 7.46. The summed E-state index contributed by atoms with van der Waals surface area (Å²) in [6, 6.07) is 14.4. The first-order chi connectivity index (χ1) is 11.1. The monoisotopic (exact) mass is 312 g/mol. The first-order valence-electron chi connectivity index (χ1n) is 7.46. The molecule has 0 aliphatic heterocycles. The highest BCUT2D eigenvalue weighted by Gasteiger charge is 2.07. The third-order valence-electron chi connectivity index (χ3n) is 3.34. The fourth-order valence-corrected chi connectivity index (χ4v) is 2.05. The zero-order chi connectivity index (χ0) is 16.7. The van der Waals surface area contributed by atoms with E-state index in [9.17, 15) is 9.59 Å². The fourth-order valence-electron chi connectivity index (χ4n) is 2.05. The average Bonchev–Trinajstić information content (AvgIpc) is 2.60. The summed E-state index contributed by atoms with van der Waals surface area (Å²) in [7, 11) is 1.56. The number of anilines is 1. The summed E-state index contributed by atoms with van der Waals surface area (Å²) in [5.74, 6) is 0.170. The lowest BCUT2D eigenvalue weighted by Gasteiger charge is -2.09. The van der Waals surface area contributed by atoms with Gasteiger partial charge < -0.3 is 15.4 Å². The van der Waals surface area contributed by atoms with Gasteiger partial charge in [0.15, 0.2) is 6.61 Å². The Hall–Kier alpha value is -2.82. The number of carbonyl (C=O) groups excluding carboxylic acids is 2. The van der Waals surface area contributed by atoms with Gasteiger partial charge in [-0.05, 0) is 42.3 Å². The average molecular weight is 312 g/mol. The fraction of sp³-hybridized carbons (Fsp3) is 0.222. The molecule has 0 saturated heterocycles. The zero-order valence-electron chi connectivity index (χ0n) is 13.3. The molecule has 0 atom stereocenters. The van der Waals surface area contributed by atoms with Crippen LogP contribution in [0.2, 0.25) is 0 Å². The van der Waals surface area contributed by atoms with Crippen LogP contribution in [0.3, 0.4) is 0 Å². The molecule has 0 aliphatic rings. The van der Waals surface area contributed by atoms with Gasteiger partial charge in [-0.15, -0.1) is 0 Å². The molecule has 0 bridgehead atoms. The number of aryl methyl sites for hydroxylation is 1. The summed E-state index contributed by atoms with van der Waals surface area (Å²) in [5, 5.41) is 5.25. The molecule has 0 saturated carbocycles. The first kappa shape index (κ1) is 16.5. The third kappa shape index (κ3) is 4.85. The molecule has 5 heteroatoms. The van der Waals surface area contributed by atoms with Crippen molar-refractivity contribution in [1.29, 1.82) is 0 Å². The second kappa shape index (κ2) is 7.98. The molecular formula is C18H20N2O3. The standard InChI is InChI=1S/C18H20N2O3/c1-3-13-7-9-16(10-8-13)23-12-17(21)20-15-6-4-5-14(11-15)18(22)19-2/h4-11H,3,12H2,1-2H3,(H,19,22)(H,20,21). The summed E-state index contributed by atoms with van der Waals surface area (Å²) < 4.78 is 5.45. The van der Waals surface area contributed by atoms with Gasteiger partial charge in [0.05, 0.1) is 0 Å². The Bertz CT molecular complexity index is 681. The van der Waals surface area contributed by atoms with E-state index in [0.29, 0.717) is 17.0 Å². The van der Waals surface area contributed by atoms with E-state index in [1.165, 1.54) is 5.56 Å². The van der Waals surface area contributed by atoms with Gasteiger partial charge in [0.25, 0.3) is 11.8 Å². The second-order valence-electron chi connectivity index (χ2n) is 4.99. The van der Waals surface area contributed by atoms with Gasteiger partial charge in [0, 0.05) is 18.3 Å². The number of ether oxygens (including phenoxy) is 1. The Kier molecular flexibility index (Phi) is 5.74. The van der Waals surface area contributed by atoms with Crippen LogP contribution in [0, 0.1) is 0 Å². The van der Waals surface area contributed by atoms with Gasteiger partial charge in [-0.3, -0.25) is 9.59 Å². The zero-order valence-corrected chi connectivity index (χ0v) is 13.3. The van der Waals surface area contributed by atoms with Crippen LogP contribution < -0.4 is 15.4 Å². The van der Waals surface area contributed by atoms with E-state index in [2.05, 4.69) is 17.6 Å². The van der Waals surface area contributed by atoms with E-state index in [0.717, 1.165) is 6.42 Å². The van der Waals surface area contributed by atoms with Crippen molar-refractivity contribution in [3.63, 3.8) is 0 Å². The van der Waals surface area contributed by atoms with Crippen molar-refractivity contribution in [3.05, 3.63) is 59.7 Å². The highest BCUT2D eigenvalue weighted by atomic mass is 16.5. The van der Waals surface area contributed by atoms with E-state index >= 15 is 0 Å². The summed E-state index contributed by atoms with van der Waals surface area (Å²) in [5.41, 5.74) is 2.26. The van der Waals surface area contributed by atoms with Gasteiger partial charge in [0.2, 0.25) is 0 Å². The molecule has 0 aromatic heterocycles. The van der Waals surface area contributed by atoms with Crippen molar-refractivity contribution < 1.29 is 14.3 Å². The Morgan fingerprint density at radius 3 is 2.48 bits per heavy atom. The van der Waals surface area contributed by atoms with Crippen LogP contribution in [0.5, 0.6) is 5.75 Å². The second-order valence-corrected chi connectivity index (χ2v) is 4.99. The summed E-state index contributed by atoms with van der Waals surface area (Å²) in [4.78, 5) is 23.5. The van der Waals surface area contributed by atoms with Crippen LogP contribution in [0.4, 0.5) is 5.69 Å². The predicted molar refractivity (Wildman–Crippen MR) is 89.8 cm³/mol. The molecule has 2 aromatic carbocycles. The van der Waals surface area contributed by atoms with E-state index in [4.69, 9.17) is 4.74 Å². The Morgan fingerprint density at radius 1 is 1.09 bits per heavy atom. The number of hydrogen-bond acceptors (Lipinski definition) is 3. The van der Waals surface area contributed by atoms with Crippen LogP contribution in [-0.4, -0.2) is 25.5 Å². The predicted octanol–water partition coefficient (Wildman–Crippen LogP) is 2.63. The number of amides is 2. The molecule has 2 aromatic rings. The number of nitrogens with one attached hydrogen (secondary N) is 2. The lowest BCUT2D eigenvalue weighted by atomic mass is 10.2. The van der Waals surface area contributed by atoms with Crippen LogP contribution >= 0.6 is 0 Å². The minimum atomic E-state index is -0.279. The molecule has 0 fully saturated rings. The highest BCUT2D eigenvalue weighted by molar-refractivity contribution is 5.97. The molecular weight excluding hydrogens is 292 g/mol. The molecule has 23 heavy (non-hydrogen) atoms. The van der Waals surface area contributed by atoms with Crippen molar-refractivity contribution in [2.24, 2.45) is 0 Å². The maximum absolute atomic E-state index is 11.9. The van der Waals surface area contributed by atoms with E-state index in [-0.39, 0.29) is 18.4 Å². The van der Waals surface area contributed by atoms with Crippen molar-refractivity contribution in [3.8, 4) is 5.75 Å².